The molecule has 3 aromatic heterocycles. The first-order valence-corrected chi connectivity index (χ1v) is 26.6. The van der Waals surface area contributed by atoms with E-state index in [1.165, 1.54) is 64.2 Å². The zero-order chi connectivity index (χ0) is 45.8. The van der Waals surface area contributed by atoms with E-state index in [-0.39, 0.29) is 0 Å². The fourth-order valence-electron chi connectivity index (χ4n) is 8.18. The van der Waals surface area contributed by atoms with Crippen LogP contribution < -0.4 is 18.9 Å². The minimum absolute atomic E-state index is 0.669. The Hall–Kier alpha value is -5.18. The molecule has 0 bridgehead atoms. The van der Waals surface area contributed by atoms with E-state index in [0.717, 1.165) is 133 Å². The number of fused-ring (bicyclic) bond motifs is 1. The quantitative estimate of drug-likeness (QED) is 0.0436. The van der Waals surface area contributed by atoms with Gasteiger partial charge in [0.25, 0.3) is 0 Å². The van der Waals surface area contributed by atoms with Gasteiger partial charge in [-0.15, -0.1) is 22.7 Å². The maximum atomic E-state index is 6.58. The van der Waals surface area contributed by atoms with Gasteiger partial charge < -0.3 is 18.9 Å². The Morgan fingerprint density at radius 1 is 0.394 bits per heavy atom. The van der Waals surface area contributed by atoms with Crippen molar-refractivity contribution < 1.29 is 18.9 Å². The van der Waals surface area contributed by atoms with Crippen LogP contribution in [-0.2, 0) is 0 Å². The van der Waals surface area contributed by atoms with Crippen molar-refractivity contribution in [2.75, 3.05) is 26.4 Å². The van der Waals surface area contributed by atoms with Gasteiger partial charge in [0, 0.05) is 42.4 Å². The van der Waals surface area contributed by atoms with Gasteiger partial charge in [-0.2, -0.15) is 0 Å². The highest BCUT2D eigenvalue weighted by atomic mass is 32.1. The Kier molecular flexibility index (Phi) is 19.4. The second-order valence-electron chi connectivity index (χ2n) is 17.3. The predicted octanol–water partition coefficient (Wildman–Crippen LogP) is 17.9. The lowest BCUT2D eigenvalue weighted by Gasteiger charge is -2.16. The average Bonchev–Trinajstić information content (AvgIpc) is 4.08. The van der Waals surface area contributed by atoms with Gasteiger partial charge in [-0.3, -0.25) is 0 Å². The summed E-state index contributed by atoms with van der Waals surface area (Å²) in [6.07, 6.45) is 18.9. The molecule has 0 N–H and O–H groups in total. The van der Waals surface area contributed by atoms with Crippen LogP contribution in [0.3, 0.4) is 0 Å². The van der Waals surface area contributed by atoms with Gasteiger partial charge in [-0.05, 0) is 91.7 Å². The largest absolute Gasteiger partial charge is 0.494 e. The Balaban J connectivity index is 1.30. The van der Waals surface area contributed by atoms with Gasteiger partial charge in [-0.25, -0.2) is 9.97 Å². The summed E-state index contributed by atoms with van der Waals surface area (Å²) < 4.78 is 25.5. The summed E-state index contributed by atoms with van der Waals surface area (Å²) in [5.74, 6) is 3.44. The fourth-order valence-corrected chi connectivity index (χ4v) is 9.99. The first-order chi connectivity index (χ1) is 32.6. The van der Waals surface area contributed by atoms with Crippen molar-refractivity contribution in [1.29, 1.82) is 0 Å². The lowest BCUT2D eigenvalue weighted by atomic mass is 10.00. The lowest BCUT2D eigenvalue weighted by molar-refractivity contribution is 0.297. The maximum absolute atomic E-state index is 6.58. The van der Waals surface area contributed by atoms with Crippen LogP contribution in [0.2, 0.25) is 0 Å². The van der Waals surface area contributed by atoms with Crippen molar-refractivity contribution in [3.63, 3.8) is 0 Å². The molecular formula is C58H70N2O4S2. The molecule has 6 nitrogen and oxygen atoms in total. The molecule has 348 valence electrons. The molecule has 0 aliphatic rings. The second-order valence-corrected chi connectivity index (χ2v) is 19.3. The maximum Gasteiger partial charge on any atom is 0.128 e. The summed E-state index contributed by atoms with van der Waals surface area (Å²) in [6, 6.07) is 36.2. The number of rotatable bonds is 29. The van der Waals surface area contributed by atoms with Crippen LogP contribution in [0.25, 0.3) is 64.9 Å². The Labute approximate surface area is 402 Å². The summed E-state index contributed by atoms with van der Waals surface area (Å²) in [4.78, 5) is 14.7. The van der Waals surface area contributed by atoms with Crippen LogP contribution >= 0.6 is 22.7 Å². The monoisotopic (exact) mass is 922 g/mol. The Bertz CT molecular complexity index is 2530. The Morgan fingerprint density at radius 3 is 1.42 bits per heavy atom. The molecule has 0 spiro atoms. The fraction of sp³-hybridized carbons (Fsp3) is 0.414. The van der Waals surface area contributed by atoms with Crippen molar-refractivity contribution in [3.8, 4) is 76.8 Å². The van der Waals surface area contributed by atoms with Crippen LogP contribution in [0.4, 0.5) is 0 Å². The number of thiophene rings is 2. The predicted molar refractivity (Wildman–Crippen MR) is 281 cm³/mol. The van der Waals surface area contributed by atoms with Crippen molar-refractivity contribution in [2.24, 2.45) is 0 Å². The standard InChI is InChI=1S/C58H70N2O4S2/c1-5-9-13-15-17-19-37-63-47-29-32-51(64-38-20-18-16-14-10-6-2)50(42-47)54-34-33-53(66-54)49-31-30-48(52-28-23-39-65-52)57-58(49)60-56(44-25-22-27-46(41-44)62-36-12-8-4)55(59-57)43-24-21-26-45(40-43)61-35-11-7-3/h21-34,39-42H,5-20,35-38H2,1-4H3. The molecule has 4 aromatic carbocycles. The summed E-state index contributed by atoms with van der Waals surface area (Å²) in [6.45, 7) is 11.7. The van der Waals surface area contributed by atoms with Crippen LogP contribution in [0.1, 0.15) is 130 Å². The Morgan fingerprint density at radius 2 is 0.879 bits per heavy atom. The number of ether oxygens (including phenoxy) is 4. The third-order valence-corrected chi connectivity index (χ3v) is 14.0. The molecular weight excluding hydrogens is 853 g/mol. The summed E-state index contributed by atoms with van der Waals surface area (Å²) in [7, 11) is 0. The lowest BCUT2D eigenvalue weighted by Crippen LogP contribution is -2.01. The summed E-state index contributed by atoms with van der Waals surface area (Å²) >= 11 is 3.48. The van der Waals surface area contributed by atoms with Crippen LogP contribution in [0.15, 0.2) is 109 Å². The molecule has 0 radical (unpaired) electrons. The van der Waals surface area contributed by atoms with E-state index in [9.17, 15) is 0 Å². The van der Waals surface area contributed by atoms with Gasteiger partial charge in [0.2, 0.25) is 0 Å². The number of hydrogen-bond acceptors (Lipinski definition) is 8. The molecule has 0 atom stereocenters. The zero-order valence-corrected chi connectivity index (χ0v) is 41.5. The molecule has 0 amide bonds. The van der Waals surface area contributed by atoms with E-state index in [2.05, 4.69) is 124 Å². The van der Waals surface area contributed by atoms with E-state index >= 15 is 0 Å². The van der Waals surface area contributed by atoms with E-state index in [0.29, 0.717) is 19.8 Å². The van der Waals surface area contributed by atoms with Crippen LogP contribution in [-0.4, -0.2) is 36.4 Å². The smallest absolute Gasteiger partial charge is 0.128 e. The molecule has 7 aromatic rings. The SMILES string of the molecule is CCCCCCCCOc1ccc(OCCCCCCCC)c(-c2ccc(-c3ccc(-c4cccs4)c4nc(-c5cccc(OCCCC)c5)c(-c5cccc(OCCCC)c5)nc34)s2)c1. The minimum Gasteiger partial charge on any atom is -0.494 e. The summed E-state index contributed by atoms with van der Waals surface area (Å²) in [5.41, 5.74) is 8.41. The summed E-state index contributed by atoms with van der Waals surface area (Å²) in [5, 5.41) is 2.13. The van der Waals surface area contributed by atoms with Gasteiger partial charge in [0.15, 0.2) is 0 Å². The first-order valence-electron chi connectivity index (χ1n) is 24.9. The minimum atomic E-state index is 0.669. The van der Waals surface area contributed by atoms with Crippen LogP contribution in [0.5, 0.6) is 23.0 Å². The molecule has 0 fully saturated rings. The van der Waals surface area contributed by atoms with Crippen molar-refractivity contribution in [2.45, 2.75) is 130 Å². The molecule has 3 heterocycles. The molecule has 8 heteroatoms. The molecule has 0 saturated heterocycles. The number of nitrogens with zero attached hydrogens (tertiary/aromatic N) is 2. The van der Waals surface area contributed by atoms with E-state index in [1.807, 2.05) is 12.1 Å². The van der Waals surface area contributed by atoms with E-state index in [4.69, 9.17) is 28.9 Å². The highest BCUT2D eigenvalue weighted by molar-refractivity contribution is 7.19. The molecule has 0 unspecified atom stereocenters. The third-order valence-electron chi connectivity index (χ3n) is 12.0. The number of aromatic nitrogens is 2. The number of unbranched alkanes of at least 4 members (excludes halogenated alkanes) is 12. The average molecular weight is 923 g/mol. The highest BCUT2D eigenvalue weighted by Crippen LogP contribution is 2.45. The van der Waals surface area contributed by atoms with Gasteiger partial charge in [-0.1, -0.05) is 147 Å². The number of hydrogen-bond donors (Lipinski definition) is 0. The first kappa shape index (κ1) is 48.7. The number of benzene rings is 4. The van der Waals surface area contributed by atoms with Gasteiger partial charge in [0.1, 0.15) is 23.0 Å². The van der Waals surface area contributed by atoms with Crippen LogP contribution in [0, 0.1) is 0 Å². The van der Waals surface area contributed by atoms with Crippen molar-refractivity contribution in [3.05, 3.63) is 109 Å². The second kappa shape index (κ2) is 26.2. The van der Waals surface area contributed by atoms with Gasteiger partial charge >= 0.3 is 0 Å². The topological polar surface area (TPSA) is 62.7 Å². The van der Waals surface area contributed by atoms with Crippen molar-refractivity contribution in [1.82, 2.24) is 9.97 Å². The molecule has 0 aliphatic carbocycles. The molecule has 66 heavy (non-hydrogen) atoms. The molecule has 7 rings (SSSR count). The van der Waals surface area contributed by atoms with E-state index in [1.54, 1.807) is 22.7 Å². The van der Waals surface area contributed by atoms with Gasteiger partial charge in [0.05, 0.1) is 48.8 Å². The molecule has 0 saturated carbocycles. The zero-order valence-electron chi connectivity index (χ0n) is 39.9. The molecule has 0 aliphatic heterocycles. The van der Waals surface area contributed by atoms with E-state index < -0.39 is 0 Å². The highest BCUT2D eigenvalue weighted by Gasteiger charge is 2.22. The van der Waals surface area contributed by atoms with Crippen molar-refractivity contribution >= 4 is 33.7 Å². The third kappa shape index (κ3) is 13.5. The normalized spacial score (nSPS) is 11.3.